The van der Waals surface area contributed by atoms with Crippen molar-refractivity contribution in [2.24, 2.45) is 0 Å². The van der Waals surface area contributed by atoms with Crippen molar-refractivity contribution in [3.8, 4) is 0 Å². The fourth-order valence-corrected chi connectivity index (χ4v) is 1.67. The second kappa shape index (κ2) is 4.84. The molecular formula is C10H10FN3S. The highest BCUT2D eigenvalue weighted by atomic mass is 32.1. The number of hydrogen-bond donors (Lipinski definition) is 1. The topological polar surface area (TPSA) is 37.8 Å². The van der Waals surface area contributed by atoms with Crippen LogP contribution in [0.3, 0.4) is 0 Å². The van der Waals surface area contributed by atoms with Gasteiger partial charge in [0.05, 0.1) is 0 Å². The summed E-state index contributed by atoms with van der Waals surface area (Å²) >= 11 is 1.33. The molecule has 78 valence electrons. The van der Waals surface area contributed by atoms with Gasteiger partial charge in [0.25, 0.3) is 0 Å². The molecule has 1 heterocycles. The molecule has 15 heavy (non-hydrogen) atoms. The highest BCUT2D eigenvalue weighted by Gasteiger charge is 1.96. The molecule has 1 aromatic carbocycles. The van der Waals surface area contributed by atoms with E-state index in [4.69, 9.17) is 0 Å². The molecule has 0 saturated carbocycles. The lowest BCUT2D eigenvalue weighted by molar-refractivity contribution is 0.627. The fraction of sp³-hybridized carbons (Fsp3) is 0.200. The van der Waals surface area contributed by atoms with Gasteiger partial charge in [-0.2, -0.15) is 4.37 Å². The first kappa shape index (κ1) is 10.0. The quantitative estimate of drug-likeness (QED) is 0.864. The second-order valence-corrected chi connectivity index (χ2v) is 3.83. The number of halogens is 1. The number of anilines is 1. The second-order valence-electron chi connectivity index (χ2n) is 3.05. The zero-order chi connectivity index (χ0) is 10.5. The van der Waals surface area contributed by atoms with Gasteiger partial charge in [-0.05, 0) is 24.1 Å². The highest BCUT2D eigenvalue weighted by molar-refractivity contribution is 7.09. The summed E-state index contributed by atoms with van der Waals surface area (Å²) in [6.45, 7) is 0.779. The molecule has 1 N–H and O–H groups in total. The molecule has 0 saturated heterocycles. The van der Waals surface area contributed by atoms with E-state index >= 15 is 0 Å². The Labute approximate surface area is 91.2 Å². The van der Waals surface area contributed by atoms with Gasteiger partial charge in [0.2, 0.25) is 5.13 Å². The van der Waals surface area contributed by atoms with Crippen molar-refractivity contribution in [3.63, 3.8) is 0 Å². The minimum Gasteiger partial charge on any atom is -0.360 e. The van der Waals surface area contributed by atoms with Gasteiger partial charge in [0, 0.05) is 18.1 Å². The number of hydrogen-bond acceptors (Lipinski definition) is 4. The Kier molecular flexibility index (Phi) is 3.24. The molecule has 1 aromatic heterocycles. The van der Waals surface area contributed by atoms with Gasteiger partial charge in [0.15, 0.2) is 0 Å². The average molecular weight is 223 g/mol. The highest BCUT2D eigenvalue weighted by Crippen LogP contribution is 2.07. The zero-order valence-corrected chi connectivity index (χ0v) is 8.80. The minimum atomic E-state index is -0.198. The van der Waals surface area contributed by atoms with Crippen LogP contribution in [0.25, 0.3) is 0 Å². The van der Waals surface area contributed by atoms with E-state index in [1.165, 1.54) is 30.0 Å². The van der Waals surface area contributed by atoms with Crippen LogP contribution in [0.2, 0.25) is 0 Å². The van der Waals surface area contributed by atoms with Gasteiger partial charge in [-0.1, -0.05) is 12.1 Å². The van der Waals surface area contributed by atoms with Crippen molar-refractivity contribution in [2.45, 2.75) is 6.42 Å². The monoisotopic (exact) mass is 223 g/mol. The van der Waals surface area contributed by atoms with Crippen LogP contribution in [0, 0.1) is 5.82 Å². The SMILES string of the molecule is Fc1ccc(CCNc2ncns2)cc1. The van der Waals surface area contributed by atoms with Gasteiger partial charge >= 0.3 is 0 Å². The van der Waals surface area contributed by atoms with E-state index in [2.05, 4.69) is 14.7 Å². The van der Waals surface area contributed by atoms with Crippen molar-refractivity contribution in [2.75, 3.05) is 11.9 Å². The summed E-state index contributed by atoms with van der Waals surface area (Å²) in [6.07, 6.45) is 2.37. The lowest BCUT2D eigenvalue weighted by Gasteiger charge is -2.02. The largest absolute Gasteiger partial charge is 0.360 e. The predicted molar refractivity (Wildman–Crippen MR) is 58.5 cm³/mol. The third-order valence-corrected chi connectivity index (χ3v) is 2.59. The Balaban J connectivity index is 1.81. The van der Waals surface area contributed by atoms with Crippen LogP contribution in [0.1, 0.15) is 5.56 Å². The van der Waals surface area contributed by atoms with Crippen LogP contribution in [-0.4, -0.2) is 15.9 Å². The molecule has 0 radical (unpaired) electrons. The van der Waals surface area contributed by atoms with E-state index in [9.17, 15) is 4.39 Å². The molecule has 3 nitrogen and oxygen atoms in total. The summed E-state index contributed by atoms with van der Waals surface area (Å²) in [5.41, 5.74) is 1.11. The first-order valence-corrected chi connectivity index (χ1v) is 5.37. The Morgan fingerprint density at radius 3 is 2.73 bits per heavy atom. The summed E-state index contributed by atoms with van der Waals surface area (Å²) in [7, 11) is 0. The van der Waals surface area contributed by atoms with Crippen molar-refractivity contribution in [3.05, 3.63) is 42.0 Å². The van der Waals surface area contributed by atoms with E-state index in [-0.39, 0.29) is 5.82 Å². The number of nitrogens with zero attached hydrogens (tertiary/aromatic N) is 2. The van der Waals surface area contributed by atoms with Gasteiger partial charge in [0.1, 0.15) is 12.1 Å². The first-order valence-electron chi connectivity index (χ1n) is 4.59. The van der Waals surface area contributed by atoms with Gasteiger partial charge in [-0.15, -0.1) is 0 Å². The Hall–Kier alpha value is -1.49. The molecule has 0 aliphatic carbocycles. The molecule has 5 heteroatoms. The zero-order valence-electron chi connectivity index (χ0n) is 7.98. The van der Waals surface area contributed by atoms with Crippen molar-refractivity contribution in [1.82, 2.24) is 9.36 Å². The molecule has 0 amide bonds. The van der Waals surface area contributed by atoms with Crippen LogP contribution < -0.4 is 5.32 Å². The van der Waals surface area contributed by atoms with Crippen LogP contribution in [0.5, 0.6) is 0 Å². The van der Waals surface area contributed by atoms with E-state index in [0.29, 0.717) is 0 Å². The van der Waals surface area contributed by atoms with E-state index in [1.54, 1.807) is 12.1 Å². The van der Waals surface area contributed by atoms with Gasteiger partial charge in [-0.25, -0.2) is 9.37 Å². The number of nitrogens with one attached hydrogen (secondary N) is 1. The maximum Gasteiger partial charge on any atom is 0.202 e. The van der Waals surface area contributed by atoms with Crippen molar-refractivity contribution in [1.29, 1.82) is 0 Å². The lowest BCUT2D eigenvalue weighted by Crippen LogP contribution is -2.04. The molecule has 0 bridgehead atoms. The normalized spacial score (nSPS) is 10.2. The molecule has 0 aliphatic heterocycles. The number of rotatable bonds is 4. The number of benzene rings is 1. The minimum absolute atomic E-state index is 0.198. The lowest BCUT2D eigenvalue weighted by atomic mass is 10.1. The van der Waals surface area contributed by atoms with Crippen LogP contribution in [-0.2, 0) is 6.42 Å². The van der Waals surface area contributed by atoms with E-state index in [0.717, 1.165) is 23.7 Å². The number of aromatic nitrogens is 2. The Morgan fingerprint density at radius 2 is 2.07 bits per heavy atom. The molecule has 0 atom stereocenters. The van der Waals surface area contributed by atoms with Gasteiger partial charge in [-0.3, -0.25) is 0 Å². The summed E-state index contributed by atoms with van der Waals surface area (Å²) in [4.78, 5) is 4.00. The maximum absolute atomic E-state index is 12.6. The Morgan fingerprint density at radius 1 is 1.27 bits per heavy atom. The maximum atomic E-state index is 12.6. The summed E-state index contributed by atoms with van der Waals surface area (Å²) in [5.74, 6) is -0.198. The summed E-state index contributed by atoms with van der Waals surface area (Å²) in [6, 6.07) is 6.52. The fourth-order valence-electron chi connectivity index (χ4n) is 1.22. The summed E-state index contributed by atoms with van der Waals surface area (Å²) in [5, 5.41) is 3.96. The third kappa shape index (κ3) is 2.99. The first-order chi connectivity index (χ1) is 7.34. The predicted octanol–water partition coefficient (Wildman–Crippen LogP) is 2.33. The molecule has 0 spiro atoms. The smallest absolute Gasteiger partial charge is 0.202 e. The molecule has 2 rings (SSSR count). The van der Waals surface area contributed by atoms with E-state index < -0.39 is 0 Å². The van der Waals surface area contributed by atoms with Crippen LogP contribution in [0.4, 0.5) is 9.52 Å². The molecule has 0 unspecified atom stereocenters. The summed E-state index contributed by atoms with van der Waals surface area (Å²) < 4.78 is 16.5. The molecule has 0 aliphatic rings. The Bertz CT molecular complexity index is 399. The van der Waals surface area contributed by atoms with Crippen LogP contribution in [0.15, 0.2) is 30.6 Å². The van der Waals surface area contributed by atoms with Crippen LogP contribution >= 0.6 is 11.5 Å². The molecular weight excluding hydrogens is 213 g/mol. The standard InChI is InChI=1S/C10H10FN3S/c11-9-3-1-8(2-4-9)5-6-12-10-13-7-14-15-10/h1-4,7H,5-6H2,(H,12,13,14). The van der Waals surface area contributed by atoms with Crippen molar-refractivity contribution >= 4 is 16.7 Å². The third-order valence-electron chi connectivity index (χ3n) is 1.96. The average Bonchev–Trinajstić information content (AvgIpc) is 2.74. The molecule has 2 aromatic rings. The van der Waals surface area contributed by atoms with Crippen molar-refractivity contribution < 1.29 is 4.39 Å². The molecule has 0 fully saturated rings. The van der Waals surface area contributed by atoms with E-state index in [1.807, 2.05) is 0 Å². The van der Waals surface area contributed by atoms with Gasteiger partial charge < -0.3 is 5.32 Å².